The molecule has 6 nitrogen and oxygen atoms in total. The molecule has 0 saturated carbocycles. The summed E-state index contributed by atoms with van der Waals surface area (Å²) in [6, 6.07) is 4.37. The summed E-state index contributed by atoms with van der Waals surface area (Å²) in [6.07, 6.45) is -11.1. The van der Waals surface area contributed by atoms with E-state index in [0.29, 0.717) is 0 Å². The van der Waals surface area contributed by atoms with Gasteiger partial charge in [-0.1, -0.05) is 0 Å². The second kappa shape index (κ2) is 6.92. The van der Waals surface area contributed by atoms with E-state index in [4.69, 9.17) is 4.74 Å². The number of aromatic amines is 1. The van der Waals surface area contributed by atoms with Gasteiger partial charge in [-0.2, -0.15) is 13.2 Å². The number of H-pyrrole nitrogens is 1. The second-order valence-electron chi connectivity index (χ2n) is 7.89. The van der Waals surface area contributed by atoms with Gasteiger partial charge in [0.2, 0.25) is 0 Å². The third-order valence-electron chi connectivity index (χ3n) is 5.23. The van der Waals surface area contributed by atoms with Gasteiger partial charge in [0.1, 0.15) is 29.2 Å². The Hall–Kier alpha value is -3.15. The van der Waals surface area contributed by atoms with Crippen LogP contribution < -0.4 is 15.0 Å². The highest BCUT2D eigenvalue weighted by atomic mass is 19.4. The van der Waals surface area contributed by atoms with Crippen molar-refractivity contribution < 1.29 is 40.9 Å². The Balaban J connectivity index is 1.90. The maximum absolute atomic E-state index is 13.1. The quantitative estimate of drug-likeness (QED) is 0.555. The molecule has 0 saturated heterocycles. The number of aliphatic hydroxyl groups excluding tert-OH is 1. The van der Waals surface area contributed by atoms with Crippen LogP contribution in [-0.2, 0) is 6.18 Å². The minimum absolute atomic E-state index is 0.0109. The van der Waals surface area contributed by atoms with E-state index >= 15 is 0 Å². The molecular weight excluding hydrogens is 446 g/mol. The Labute approximate surface area is 176 Å². The van der Waals surface area contributed by atoms with E-state index in [9.17, 15) is 36.2 Å². The fourth-order valence-electron chi connectivity index (χ4n) is 3.73. The van der Waals surface area contributed by atoms with E-state index in [-0.39, 0.29) is 22.2 Å². The molecule has 0 bridgehead atoms. The summed E-state index contributed by atoms with van der Waals surface area (Å²) in [4.78, 5) is 13.0. The first kappa shape index (κ1) is 22.1. The number of benzene rings is 2. The molecule has 32 heavy (non-hydrogen) atoms. The Morgan fingerprint density at radius 1 is 1.09 bits per heavy atom. The van der Waals surface area contributed by atoms with Gasteiger partial charge in [-0.25, -0.2) is 4.68 Å². The van der Waals surface area contributed by atoms with Crippen molar-refractivity contribution in [2.45, 2.75) is 44.1 Å². The van der Waals surface area contributed by atoms with Crippen molar-refractivity contribution in [3.63, 3.8) is 0 Å². The van der Waals surface area contributed by atoms with Crippen molar-refractivity contribution in [3.8, 4) is 11.5 Å². The lowest BCUT2D eigenvalue weighted by Crippen LogP contribution is -2.52. The Morgan fingerprint density at radius 3 is 2.41 bits per heavy atom. The molecule has 2 aromatic carbocycles. The number of aromatic nitrogens is 2. The first-order chi connectivity index (χ1) is 14.7. The van der Waals surface area contributed by atoms with Crippen molar-refractivity contribution in [2.24, 2.45) is 0 Å². The number of nitrogens with one attached hydrogen (secondary N) is 1. The Morgan fingerprint density at radius 2 is 1.78 bits per heavy atom. The van der Waals surface area contributed by atoms with Gasteiger partial charge in [-0.05, 0) is 50.2 Å². The summed E-state index contributed by atoms with van der Waals surface area (Å²) >= 11 is 0. The third kappa shape index (κ3) is 3.78. The molecule has 1 aromatic heterocycles. The maximum atomic E-state index is 13.1. The Bertz CT molecular complexity index is 1240. The molecule has 0 spiro atoms. The topological polar surface area (TPSA) is 76.5 Å². The van der Waals surface area contributed by atoms with Gasteiger partial charge in [0, 0.05) is 5.56 Å². The van der Waals surface area contributed by atoms with Gasteiger partial charge >= 0.3 is 12.5 Å². The SMILES string of the molecule is CC1(C)Oc2ccc(OC(F)(F)F)cc2C(n2[nH]c3cc(C(F)(F)F)ccc3c2=O)C1O. The third-order valence-corrected chi connectivity index (χ3v) is 5.23. The van der Waals surface area contributed by atoms with E-state index in [1.807, 2.05) is 0 Å². The molecule has 2 N–H and O–H groups in total. The van der Waals surface area contributed by atoms with Gasteiger partial charge in [0.25, 0.3) is 5.56 Å². The summed E-state index contributed by atoms with van der Waals surface area (Å²) in [5, 5.41) is 13.4. The van der Waals surface area contributed by atoms with Crippen molar-refractivity contribution >= 4 is 10.9 Å². The maximum Gasteiger partial charge on any atom is 0.573 e. The number of hydrogen-bond acceptors (Lipinski definition) is 4. The van der Waals surface area contributed by atoms with Gasteiger partial charge in [0.15, 0.2) is 0 Å². The normalized spacial score (nSPS) is 20.7. The van der Waals surface area contributed by atoms with Crippen LogP contribution >= 0.6 is 0 Å². The summed E-state index contributed by atoms with van der Waals surface area (Å²) in [6.45, 7) is 3.01. The first-order valence-corrected chi connectivity index (χ1v) is 9.25. The molecule has 2 unspecified atom stereocenters. The smallest absolute Gasteiger partial charge is 0.485 e. The minimum Gasteiger partial charge on any atom is -0.485 e. The van der Waals surface area contributed by atoms with Gasteiger partial charge < -0.3 is 14.6 Å². The van der Waals surface area contributed by atoms with Crippen LogP contribution in [0.2, 0.25) is 0 Å². The van der Waals surface area contributed by atoms with E-state index < -0.39 is 47.2 Å². The molecule has 0 radical (unpaired) electrons. The molecule has 0 fully saturated rings. The lowest BCUT2D eigenvalue weighted by atomic mass is 9.86. The average Bonchev–Trinajstić information content (AvgIpc) is 2.97. The fourth-order valence-corrected chi connectivity index (χ4v) is 3.73. The van der Waals surface area contributed by atoms with Crippen LogP contribution in [0.15, 0.2) is 41.2 Å². The molecule has 2 atom stereocenters. The number of nitrogens with zero attached hydrogens (tertiary/aromatic N) is 1. The molecular formula is C20H16F6N2O4. The van der Waals surface area contributed by atoms with Gasteiger partial charge in [0.05, 0.1) is 16.5 Å². The zero-order valence-corrected chi connectivity index (χ0v) is 16.5. The van der Waals surface area contributed by atoms with Crippen molar-refractivity contribution in [3.05, 3.63) is 57.9 Å². The molecule has 4 rings (SSSR count). The van der Waals surface area contributed by atoms with Crippen LogP contribution in [0.5, 0.6) is 11.5 Å². The molecule has 1 aliphatic rings. The molecule has 0 aliphatic carbocycles. The molecule has 172 valence electrons. The molecule has 0 amide bonds. The average molecular weight is 462 g/mol. The fraction of sp³-hybridized carbons (Fsp3) is 0.350. The van der Waals surface area contributed by atoms with Crippen LogP contribution in [0.1, 0.15) is 31.0 Å². The van der Waals surface area contributed by atoms with Crippen molar-refractivity contribution in [2.75, 3.05) is 0 Å². The lowest BCUT2D eigenvalue weighted by molar-refractivity contribution is -0.274. The summed E-state index contributed by atoms with van der Waals surface area (Å²) in [5.74, 6) is -0.526. The highest BCUT2D eigenvalue weighted by molar-refractivity contribution is 5.79. The number of hydrogen-bond donors (Lipinski definition) is 2. The van der Waals surface area contributed by atoms with Gasteiger partial charge in [-0.15, -0.1) is 13.2 Å². The van der Waals surface area contributed by atoms with Crippen molar-refractivity contribution in [1.82, 2.24) is 9.78 Å². The standard InChI is InChI=1S/C20H16F6N2O4/c1-18(2)16(29)15(12-8-10(31-20(24,25)26)4-6-14(12)32-18)28-17(30)11-5-3-9(19(21,22)23)7-13(11)27-28/h3-8,15-16,27,29H,1-2H3. The largest absolute Gasteiger partial charge is 0.573 e. The zero-order chi connectivity index (χ0) is 23.6. The van der Waals surface area contributed by atoms with Crippen LogP contribution in [0.25, 0.3) is 10.9 Å². The van der Waals surface area contributed by atoms with Crippen LogP contribution in [-0.4, -0.2) is 33.0 Å². The Kier molecular flexibility index (Phi) is 4.77. The highest BCUT2D eigenvalue weighted by Crippen LogP contribution is 2.43. The highest BCUT2D eigenvalue weighted by Gasteiger charge is 2.45. The van der Waals surface area contributed by atoms with Crippen LogP contribution in [0.3, 0.4) is 0 Å². The molecule has 2 heterocycles. The lowest BCUT2D eigenvalue weighted by Gasteiger charge is -2.42. The summed E-state index contributed by atoms with van der Waals surface area (Å²) in [7, 11) is 0. The van der Waals surface area contributed by atoms with Gasteiger partial charge in [-0.3, -0.25) is 9.89 Å². The molecule has 3 aromatic rings. The number of halogens is 6. The summed E-state index contributed by atoms with van der Waals surface area (Å²) < 4.78 is 87.7. The monoisotopic (exact) mass is 462 g/mol. The molecule has 1 aliphatic heterocycles. The number of alkyl halides is 6. The number of rotatable bonds is 2. The predicted molar refractivity (Wildman–Crippen MR) is 99.5 cm³/mol. The van der Waals surface area contributed by atoms with Crippen LogP contribution in [0, 0.1) is 0 Å². The number of ether oxygens (including phenoxy) is 2. The minimum atomic E-state index is -4.98. The van der Waals surface area contributed by atoms with E-state index in [1.54, 1.807) is 0 Å². The zero-order valence-electron chi connectivity index (χ0n) is 16.5. The van der Waals surface area contributed by atoms with E-state index in [2.05, 4.69) is 9.84 Å². The van der Waals surface area contributed by atoms with Crippen LogP contribution in [0.4, 0.5) is 26.3 Å². The van der Waals surface area contributed by atoms with Crippen molar-refractivity contribution in [1.29, 1.82) is 0 Å². The number of aliphatic hydroxyl groups is 1. The first-order valence-electron chi connectivity index (χ1n) is 9.25. The molecule has 12 heteroatoms. The second-order valence-corrected chi connectivity index (χ2v) is 7.89. The predicted octanol–water partition coefficient (Wildman–Crippen LogP) is 4.37. The number of fused-ring (bicyclic) bond motifs is 2. The summed E-state index contributed by atoms with van der Waals surface area (Å²) in [5.41, 5.74) is -3.19. The van der Waals surface area contributed by atoms with E-state index in [0.717, 1.165) is 35.0 Å². The van der Waals surface area contributed by atoms with E-state index in [1.165, 1.54) is 19.9 Å².